The molecular weight excluding hydrogens is 396 g/mol. The van der Waals surface area contributed by atoms with Crippen molar-refractivity contribution in [1.29, 1.82) is 0 Å². The molecular formula is C24H35N2O5+. The Morgan fingerprint density at radius 1 is 0.774 bits per heavy atom. The molecule has 1 unspecified atom stereocenters. The summed E-state index contributed by atoms with van der Waals surface area (Å²) in [5.74, 6) is 2.95. The number of amides is 1. The van der Waals surface area contributed by atoms with Crippen LogP contribution in [0, 0.1) is 0 Å². The molecule has 170 valence electrons. The van der Waals surface area contributed by atoms with Crippen molar-refractivity contribution in [1.82, 2.24) is 5.32 Å². The quantitative estimate of drug-likeness (QED) is 0.503. The lowest BCUT2D eigenvalue weighted by Crippen LogP contribution is -3.09. The molecule has 1 amide bonds. The first-order chi connectivity index (χ1) is 15.0. The highest BCUT2D eigenvalue weighted by molar-refractivity contribution is 5.75. The van der Waals surface area contributed by atoms with Crippen LogP contribution in [0.15, 0.2) is 36.4 Å². The van der Waals surface area contributed by atoms with Gasteiger partial charge in [0, 0.05) is 13.0 Å². The first-order valence-corrected chi connectivity index (χ1v) is 10.5. The highest BCUT2D eigenvalue weighted by Crippen LogP contribution is 2.28. The van der Waals surface area contributed by atoms with E-state index in [9.17, 15) is 4.79 Å². The fourth-order valence-corrected chi connectivity index (χ4v) is 3.32. The summed E-state index contributed by atoms with van der Waals surface area (Å²) in [6.07, 6.45) is 2.16. The summed E-state index contributed by atoms with van der Waals surface area (Å²) in [5, 5.41) is 3.00. The van der Waals surface area contributed by atoms with E-state index in [4.69, 9.17) is 18.9 Å². The molecule has 0 fully saturated rings. The molecule has 0 saturated carbocycles. The van der Waals surface area contributed by atoms with Gasteiger partial charge in [-0.15, -0.1) is 0 Å². The molecule has 0 aliphatic heterocycles. The minimum Gasteiger partial charge on any atom is -0.493 e. The van der Waals surface area contributed by atoms with Gasteiger partial charge in [-0.1, -0.05) is 12.1 Å². The van der Waals surface area contributed by atoms with Gasteiger partial charge in [-0.05, 0) is 41.8 Å². The molecule has 0 heterocycles. The molecule has 1 atom stereocenters. The Kier molecular flexibility index (Phi) is 9.97. The number of ether oxygens (including phenoxy) is 4. The number of hydrogen-bond donors (Lipinski definition) is 2. The molecule has 2 rings (SSSR count). The number of quaternary nitrogens is 1. The molecule has 0 aliphatic carbocycles. The van der Waals surface area contributed by atoms with E-state index in [0.717, 1.165) is 43.0 Å². The predicted octanol–water partition coefficient (Wildman–Crippen LogP) is 1.53. The summed E-state index contributed by atoms with van der Waals surface area (Å²) in [7, 11) is 8.62. The number of hydrogen-bond acceptors (Lipinski definition) is 5. The summed E-state index contributed by atoms with van der Waals surface area (Å²) in [4.78, 5) is 13.5. The molecule has 2 aromatic carbocycles. The standard InChI is InChI=1S/C24H34N2O5/c1-26(14-11-19-7-9-21(29-3)23(17-19)31-5)15-12-24(27)25-13-10-18-6-8-20(28-2)22(16-18)30-4/h6-9,16-17H,10-15H2,1-5H3,(H,25,27)/p+1. The zero-order chi connectivity index (χ0) is 22.6. The second-order valence-electron chi connectivity index (χ2n) is 7.44. The first-order valence-electron chi connectivity index (χ1n) is 10.5. The predicted molar refractivity (Wildman–Crippen MR) is 121 cm³/mol. The summed E-state index contributed by atoms with van der Waals surface area (Å²) >= 11 is 0. The number of rotatable bonds is 13. The Balaban J connectivity index is 1.69. The smallest absolute Gasteiger partial charge is 0.225 e. The van der Waals surface area contributed by atoms with Crippen LogP contribution in [0.5, 0.6) is 23.0 Å². The van der Waals surface area contributed by atoms with Gasteiger partial charge in [0.05, 0.1) is 55.0 Å². The molecule has 0 spiro atoms. The van der Waals surface area contributed by atoms with Crippen molar-refractivity contribution in [3.63, 3.8) is 0 Å². The fourth-order valence-electron chi connectivity index (χ4n) is 3.32. The zero-order valence-corrected chi connectivity index (χ0v) is 19.2. The van der Waals surface area contributed by atoms with Crippen LogP contribution >= 0.6 is 0 Å². The number of nitrogens with one attached hydrogen (secondary N) is 2. The molecule has 0 bridgehead atoms. The minimum absolute atomic E-state index is 0.0749. The average molecular weight is 432 g/mol. The van der Waals surface area contributed by atoms with E-state index >= 15 is 0 Å². The van der Waals surface area contributed by atoms with Crippen LogP contribution in [0.25, 0.3) is 0 Å². The van der Waals surface area contributed by atoms with Crippen LogP contribution in [0.4, 0.5) is 0 Å². The van der Waals surface area contributed by atoms with Crippen LogP contribution in [0.3, 0.4) is 0 Å². The number of carbonyl (C=O) groups excluding carboxylic acids is 1. The maximum atomic E-state index is 12.2. The van der Waals surface area contributed by atoms with E-state index in [1.807, 2.05) is 30.3 Å². The molecule has 7 heteroatoms. The van der Waals surface area contributed by atoms with Crippen molar-refractivity contribution in [2.75, 3.05) is 55.1 Å². The van der Waals surface area contributed by atoms with E-state index in [-0.39, 0.29) is 5.91 Å². The second-order valence-corrected chi connectivity index (χ2v) is 7.44. The maximum absolute atomic E-state index is 12.2. The van der Waals surface area contributed by atoms with Gasteiger partial charge in [0.1, 0.15) is 0 Å². The van der Waals surface area contributed by atoms with Crippen LogP contribution in [-0.4, -0.2) is 61.0 Å². The lowest BCUT2D eigenvalue weighted by Gasteiger charge is -2.15. The molecule has 2 N–H and O–H groups in total. The Labute approximate surface area is 185 Å². The van der Waals surface area contributed by atoms with Crippen LogP contribution in [0.1, 0.15) is 17.5 Å². The van der Waals surface area contributed by atoms with Crippen molar-refractivity contribution < 1.29 is 28.6 Å². The third kappa shape index (κ3) is 7.68. The Morgan fingerprint density at radius 3 is 1.81 bits per heavy atom. The normalized spacial score (nSPS) is 11.5. The number of benzene rings is 2. The number of likely N-dealkylation sites (N-methyl/N-ethyl adjacent to an activating group) is 1. The summed E-state index contributed by atoms with van der Waals surface area (Å²) < 4.78 is 21.2. The van der Waals surface area contributed by atoms with E-state index in [1.54, 1.807) is 28.4 Å². The molecule has 0 aliphatic rings. The largest absolute Gasteiger partial charge is 0.493 e. The van der Waals surface area contributed by atoms with Crippen molar-refractivity contribution >= 4 is 5.91 Å². The highest BCUT2D eigenvalue weighted by atomic mass is 16.5. The minimum atomic E-state index is 0.0749. The van der Waals surface area contributed by atoms with Crippen LogP contribution < -0.4 is 29.2 Å². The third-order valence-electron chi connectivity index (χ3n) is 5.25. The van der Waals surface area contributed by atoms with Gasteiger partial charge < -0.3 is 29.2 Å². The third-order valence-corrected chi connectivity index (χ3v) is 5.25. The van der Waals surface area contributed by atoms with Crippen molar-refractivity contribution in [2.45, 2.75) is 19.3 Å². The molecule has 7 nitrogen and oxygen atoms in total. The summed E-state index contributed by atoms with van der Waals surface area (Å²) in [5.41, 5.74) is 2.28. The van der Waals surface area contributed by atoms with Gasteiger partial charge in [0.15, 0.2) is 23.0 Å². The Hall–Kier alpha value is -2.93. The fraction of sp³-hybridized carbons (Fsp3) is 0.458. The molecule has 31 heavy (non-hydrogen) atoms. The Bertz CT molecular complexity index is 841. The summed E-state index contributed by atoms with van der Waals surface area (Å²) in [6, 6.07) is 11.8. The van der Waals surface area contributed by atoms with E-state index in [1.165, 1.54) is 10.5 Å². The van der Waals surface area contributed by atoms with E-state index < -0.39 is 0 Å². The van der Waals surface area contributed by atoms with Gasteiger partial charge in [0.2, 0.25) is 5.91 Å². The van der Waals surface area contributed by atoms with Gasteiger partial charge in [-0.3, -0.25) is 4.79 Å². The average Bonchev–Trinajstić information content (AvgIpc) is 2.80. The van der Waals surface area contributed by atoms with Crippen molar-refractivity contribution in [2.24, 2.45) is 0 Å². The zero-order valence-electron chi connectivity index (χ0n) is 19.2. The van der Waals surface area contributed by atoms with Gasteiger partial charge in [-0.2, -0.15) is 0 Å². The number of carbonyl (C=O) groups is 1. The topological polar surface area (TPSA) is 70.5 Å². The highest BCUT2D eigenvalue weighted by Gasteiger charge is 2.10. The van der Waals surface area contributed by atoms with Crippen molar-refractivity contribution in [3.05, 3.63) is 47.5 Å². The lowest BCUT2D eigenvalue weighted by molar-refractivity contribution is -0.878. The van der Waals surface area contributed by atoms with Crippen LogP contribution in [-0.2, 0) is 17.6 Å². The van der Waals surface area contributed by atoms with Crippen LogP contribution in [0.2, 0.25) is 0 Å². The SMILES string of the molecule is COc1ccc(CCNC(=O)CC[NH+](C)CCc2ccc(OC)c(OC)c2)cc1OC. The monoisotopic (exact) mass is 431 g/mol. The molecule has 0 radical (unpaired) electrons. The van der Waals surface area contributed by atoms with E-state index in [0.29, 0.717) is 24.5 Å². The molecule has 0 aromatic heterocycles. The first kappa shape index (κ1) is 24.3. The van der Waals surface area contributed by atoms with Crippen molar-refractivity contribution in [3.8, 4) is 23.0 Å². The van der Waals surface area contributed by atoms with Gasteiger partial charge >= 0.3 is 0 Å². The molecule has 0 saturated heterocycles. The second kappa shape index (κ2) is 12.7. The lowest BCUT2D eigenvalue weighted by atomic mass is 10.1. The number of methoxy groups -OCH3 is 4. The maximum Gasteiger partial charge on any atom is 0.225 e. The van der Waals surface area contributed by atoms with Gasteiger partial charge in [0.25, 0.3) is 0 Å². The Morgan fingerprint density at radius 2 is 1.29 bits per heavy atom. The summed E-state index contributed by atoms with van der Waals surface area (Å²) in [6.45, 7) is 2.32. The van der Waals surface area contributed by atoms with E-state index in [2.05, 4.69) is 18.4 Å². The van der Waals surface area contributed by atoms with Gasteiger partial charge in [-0.25, -0.2) is 0 Å². The molecule has 2 aromatic rings.